The zero-order valence-corrected chi connectivity index (χ0v) is 11.2. The Labute approximate surface area is 109 Å². The van der Waals surface area contributed by atoms with Gasteiger partial charge in [0.2, 0.25) is 0 Å². The van der Waals surface area contributed by atoms with Crippen LogP contribution in [0.25, 0.3) is 0 Å². The lowest BCUT2D eigenvalue weighted by Gasteiger charge is -2.28. The van der Waals surface area contributed by atoms with E-state index in [1.165, 1.54) is 18.6 Å². The Balaban J connectivity index is 2.19. The Morgan fingerprint density at radius 3 is 2.76 bits per heavy atom. The number of aliphatic hydroxyl groups is 1. The molecule has 1 aliphatic carbocycles. The highest BCUT2D eigenvalue weighted by molar-refractivity contribution is 9.10. The maximum Gasteiger partial charge on any atom is 0.137 e. The third kappa shape index (κ3) is 3.19. The lowest BCUT2D eigenvalue weighted by atomic mass is 9.96. The van der Waals surface area contributed by atoms with Gasteiger partial charge in [0, 0.05) is 6.61 Å². The molecule has 94 valence electrons. The minimum atomic E-state index is -0.272. The van der Waals surface area contributed by atoms with Crippen LogP contribution in [0.3, 0.4) is 0 Å². The first-order chi connectivity index (χ1) is 8.20. The van der Waals surface area contributed by atoms with E-state index in [0.717, 1.165) is 24.2 Å². The van der Waals surface area contributed by atoms with Crippen LogP contribution in [-0.4, -0.2) is 17.8 Å². The van der Waals surface area contributed by atoms with E-state index in [4.69, 9.17) is 9.84 Å². The summed E-state index contributed by atoms with van der Waals surface area (Å²) < 4.78 is 19.9. The van der Waals surface area contributed by atoms with Gasteiger partial charge >= 0.3 is 0 Å². The van der Waals surface area contributed by atoms with Crippen molar-refractivity contribution in [2.45, 2.75) is 38.2 Å². The van der Waals surface area contributed by atoms with Gasteiger partial charge in [-0.15, -0.1) is 0 Å². The van der Waals surface area contributed by atoms with Gasteiger partial charge in [0.15, 0.2) is 0 Å². The van der Waals surface area contributed by atoms with Gasteiger partial charge in [-0.05, 0) is 65.7 Å². The van der Waals surface area contributed by atoms with Crippen LogP contribution in [0.2, 0.25) is 0 Å². The summed E-state index contributed by atoms with van der Waals surface area (Å²) in [5.41, 5.74) is 0.831. The number of aryl methyl sites for hydroxylation is 1. The second-order valence-corrected chi connectivity index (χ2v) is 5.23. The van der Waals surface area contributed by atoms with E-state index in [1.807, 2.05) is 0 Å². The maximum atomic E-state index is 13.3. The number of rotatable bonds is 5. The monoisotopic (exact) mass is 302 g/mol. The molecule has 4 heteroatoms. The van der Waals surface area contributed by atoms with Gasteiger partial charge in [0.1, 0.15) is 11.6 Å². The topological polar surface area (TPSA) is 29.5 Å². The van der Waals surface area contributed by atoms with Crippen molar-refractivity contribution in [3.8, 4) is 5.75 Å². The summed E-state index contributed by atoms with van der Waals surface area (Å²) in [4.78, 5) is 0. The van der Waals surface area contributed by atoms with Gasteiger partial charge in [-0.2, -0.15) is 0 Å². The van der Waals surface area contributed by atoms with Gasteiger partial charge in [-0.3, -0.25) is 0 Å². The van der Waals surface area contributed by atoms with E-state index in [-0.39, 0.29) is 18.5 Å². The molecule has 0 saturated heterocycles. The van der Waals surface area contributed by atoms with Crippen molar-refractivity contribution >= 4 is 15.9 Å². The highest BCUT2D eigenvalue weighted by atomic mass is 79.9. The first-order valence-electron chi connectivity index (χ1n) is 5.96. The smallest absolute Gasteiger partial charge is 0.137 e. The van der Waals surface area contributed by atoms with E-state index in [2.05, 4.69) is 15.9 Å². The molecule has 0 aromatic heterocycles. The average molecular weight is 303 g/mol. The molecule has 17 heavy (non-hydrogen) atoms. The summed E-state index contributed by atoms with van der Waals surface area (Å²) in [6.45, 7) is 0.108. The first kappa shape index (κ1) is 12.8. The molecule has 2 nitrogen and oxygen atoms in total. The maximum absolute atomic E-state index is 13.3. The highest BCUT2D eigenvalue weighted by Crippen LogP contribution is 2.35. The van der Waals surface area contributed by atoms with Gasteiger partial charge < -0.3 is 9.84 Å². The molecule has 0 aliphatic heterocycles. The van der Waals surface area contributed by atoms with Crippen molar-refractivity contribution in [2.24, 2.45) is 0 Å². The van der Waals surface area contributed by atoms with Crippen molar-refractivity contribution in [2.75, 3.05) is 6.61 Å². The van der Waals surface area contributed by atoms with E-state index in [1.54, 1.807) is 0 Å². The van der Waals surface area contributed by atoms with Crippen molar-refractivity contribution in [3.63, 3.8) is 0 Å². The predicted molar refractivity (Wildman–Crippen MR) is 67.8 cm³/mol. The molecule has 0 spiro atoms. The van der Waals surface area contributed by atoms with Gasteiger partial charge in [0.05, 0.1) is 10.6 Å². The SMILES string of the molecule is OCCCc1cc(F)cc(Br)c1OC1CCC1. The van der Waals surface area contributed by atoms with Gasteiger partial charge in [-0.25, -0.2) is 4.39 Å². The summed E-state index contributed by atoms with van der Waals surface area (Å²) in [5, 5.41) is 8.85. The fourth-order valence-corrected chi connectivity index (χ4v) is 2.42. The molecule has 0 bridgehead atoms. The number of hydrogen-bond acceptors (Lipinski definition) is 2. The lowest BCUT2D eigenvalue weighted by Crippen LogP contribution is -2.25. The summed E-state index contributed by atoms with van der Waals surface area (Å²) in [6.07, 6.45) is 4.87. The molecule has 1 aliphatic rings. The van der Waals surface area contributed by atoms with E-state index >= 15 is 0 Å². The lowest BCUT2D eigenvalue weighted by molar-refractivity contribution is 0.118. The highest BCUT2D eigenvalue weighted by Gasteiger charge is 2.22. The molecular weight excluding hydrogens is 287 g/mol. The normalized spacial score (nSPS) is 15.7. The number of halogens is 2. The van der Waals surface area contributed by atoms with Crippen LogP contribution in [0.4, 0.5) is 4.39 Å². The molecule has 0 radical (unpaired) electrons. The molecule has 0 amide bonds. The minimum Gasteiger partial charge on any atom is -0.489 e. The third-order valence-electron chi connectivity index (χ3n) is 3.03. The quantitative estimate of drug-likeness (QED) is 0.903. The zero-order valence-electron chi connectivity index (χ0n) is 9.59. The molecule has 0 atom stereocenters. The molecule has 0 unspecified atom stereocenters. The molecule has 1 aromatic carbocycles. The van der Waals surface area contributed by atoms with Crippen molar-refractivity contribution in [3.05, 3.63) is 28.0 Å². The number of hydrogen-bond donors (Lipinski definition) is 1. The zero-order chi connectivity index (χ0) is 12.3. The number of benzene rings is 1. The third-order valence-corrected chi connectivity index (χ3v) is 3.62. The van der Waals surface area contributed by atoms with Crippen LogP contribution in [0.1, 0.15) is 31.2 Å². The van der Waals surface area contributed by atoms with Crippen LogP contribution in [-0.2, 0) is 6.42 Å². The molecule has 1 aromatic rings. The van der Waals surface area contributed by atoms with Gasteiger partial charge in [0.25, 0.3) is 0 Å². The average Bonchev–Trinajstić information content (AvgIpc) is 2.22. The predicted octanol–water partition coefficient (Wildman–Crippen LogP) is 3.44. The van der Waals surface area contributed by atoms with Crippen LogP contribution >= 0.6 is 15.9 Å². The largest absolute Gasteiger partial charge is 0.489 e. The Morgan fingerprint density at radius 1 is 1.41 bits per heavy atom. The van der Waals surface area contributed by atoms with Crippen LogP contribution < -0.4 is 4.74 Å². The fourth-order valence-electron chi connectivity index (χ4n) is 1.86. The van der Waals surface area contributed by atoms with Crippen molar-refractivity contribution in [1.29, 1.82) is 0 Å². The fraction of sp³-hybridized carbons (Fsp3) is 0.538. The summed E-state index contributed by atoms with van der Waals surface area (Å²) in [5.74, 6) is 0.468. The van der Waals surface area contributed by atoms with Crippen molar-refractivity contribution in [1.82, 2.24) is 0 Å². The molecular formula is C13H16BrFO2. The van der Waals surface area contributed by atoms with E-state index in [9.17, 15) is 4.39 Å². The first-order valence-corrected chi connectivity index (χ1v) is 6.75. The Morgan fingerprint density at radius 2 is 2.18 bits per heavy atom. The molecule has 2 rings (SSSR count). The molecule has 1 N–H and O–H groups in total. The summed E-state index contributed by atoms with van der Waals surface area (Å²) in [6, 6.07) is 2.92. The van der Waals surface area contributed by atoms with Gasteiger partial charge in [-0.1, -0.05) is 0 Å². The Kier molecular flexibility index (Phi) is 4.40. The number of ether oxygens (including phenoxy) is 1. The molecule has 1 saturated carbocycles. The summed E-state index contributed by atoms with van der Waals surface area (Å²) >= 11 is 3.34. The number of aliphatic hydroxyl groups excluding tert-OH is 1. The second-order valence-electron chi connectivity index (χ2n) is 4.37. The second kappa shape index (κ2) is 5.83. The Bertz CT molecular complexity index is 391. The molecule has 1 fully saturated rings. The minimum absolute atomic E-state index is 0.108. The van der Waals surface area contributed by atoms with E-state index in [0.29, 0.717) is 17.3 Å². The van der Waals surface area contributed by atoms with Crippen LogP contribution in [0, 0.1) is 5.82 Å². The standard InChI is InChI=1S/C13H16BrFO2/c14-12-8-10(15)7-9(3-2-6-16)13(12)17-11-4-1-5-11/h7-8,11,16H,1-6H2. The van der Waals surface area contributed by atoms with E-state index < -0.39 is 0 Å². The van der Waals surface area contributed by atoms with Crippen LogP contribution in [0.5, 0.6) is 5.75 Å². The van der Waals surface area contributed by atoms with Crippen molar-refractivity contribution < 1.29 is 14.2 Å². The molecule has 0 heterocycles. The Hall–Kier alpha value is -0.610. The summed E-state index contributed by atoms with van der Waals surface area (Å²) in [7, 11) is 0. The van der Waals surface area contributed by atoms with Crippen LogP contribution in [0.15, 0.2) is 16.6 Å².